The number of nitrogen functional groups attached to an aromatic ring is 1. The normalized spacial score (nSPS) is 23.2. The number of aryl methyl sites for hydroxylation is 1. The molecule has 1 aliphatic heterocycles. The van der Waals surface area contributed by atoms with Crippen LogP contribution in [0.2, 0.25) is 0 Å². The van der Waals surface area contributed by atoms with Crippen molar-refractivity contribution < 1.29 is 4.39 Å². The largest absolute Gasteiger partial charge is 0.369 e. The molecule has 1 saturated heterocycles. The number of benzene rings is 1. The summed E-state index contributed by atoms with van der Waals surface area (Å²) < 4.78 is 17.2. The minimum absolute atomic E-state index is 0.0511. The molecule has 2 aliphatic carbocycles. The van der Waals surface area contributed by atoms with Crippen LogP contribution in [0.5, 0.6) is 0 Å². The standard InChI is InChI=1S/C19H23FN4O2/c1-10-16-14(18(25)24(21)19(26)23(16)13-4-5-13)8-15(20)17(10)22-7-6-12(9-22)11-2-3-11/h8,11-13H,2-7,9,21H2,1H3. The average molecular weight is 358 g/mol. The van der Waals surface area contributed by atoms with Crippen LogP contribution in [0.1, 0.15) is 43.7 Å². The van der Waals surface area contributed by atoms with Gasteiger partial charge in [0.25, 0.3) is 5.56 Å². The maximum absolute atomic E-state index is 15.0. The molecule has 2 saturated carbocycles. The van der Waals surface area contributed by atoms with E-state index in [1.165, 1.54) is 18.9 Å². The SMILES string of the molecule is Cc1c(N2CCC(C3CC3)C2)c(F)cc2c(=O)n(N)c(=O)n(C3CC3)c12. The third-order valence-electron chi connectivity index (χ3n) is 6.31. The molecule has 2 heterocycles. The van der Waals surface area contributed by atoms with Gasteiger partial charge in [0.05, 0.1) is 16.6 Å². The molecule has 2 N–H and O–H groups in total. The first-order chi connectivity index (χ1) is 12.5. The molecule has 5 rings (SSSR count). The third kappa shape index (κ3) is 2.22. The van der Waals surface area contributed by atoms with Gasteiger partial charge in [-0.05, 0) is 56.9 Å². The van der Waals surface area contributed by atoms with Crippen molar-refractivity contribution in [2.45, 2.75) is 45.1 Å². The second-order valence-electron chi connectivity index (χ2n) is 8.12. The van der Waals surface area contributed by atoms with E-state index in [1.807, 2.05) is 6.92 Å². The molecule has 1 atom stereocenters. The molecule has 3 aliphatic rings. The molecule has 2 aromatic rings. The number of fused-ring (bicyclic) bond motifs is 1. The highest BCUT2D eigenvalue weighted by molar-refractivity contribution is 5.87. The topological polar surface area (TPSA) is 73.3 Å². The monoisotopic (exact) mass is 358 g/mol. The van der Waals surface area contributed by atoms with E-state index in [-0.39, 0.29) is 11.4 Å². The first-order valence-electron chi connectivity index (χ1n) is 9.47. The molecule has 138 valence electrons. The van der Waals surface area contributed by atoms with E-state index in [9.17, 15) is 9.59 Å². The zero-order chi connectivity index (χ0) is 18.2. The number of hydrogen-bond acceptors (Lipinski definition) is 4. The number of aromatic nitrogens is 2. The lowest BCUT2D eigenvalue weighted by atomic mass is 10.0. The molecular formula is C19H23FN4O2. The van der Waals surface area contributed by atoms with Crippen LogP contribution in [0.15, 0.2) is 15.7 Å². The molecule has 1 aromatic heterocycles. The lowest BCUT2D eigenvalue weighted by molar-refractivity contribution is 0.513. The van der Waals surface area contributed by atoms with E-state index in [0.717, 1.165) is 38.3 Å². The molecule has 0 bridgehead atoms. The van der Waals surface area contributed by atoms with Crippen molar-refractivity contribution in [2.24, 2.45) is 11.8 Å². The highest BCUT2D eigenvalue weighted by Gasteiger charge is 2.37. The molecule has 0 amide bonds. The quantitative estimate of drug-likeness (QED) is 0.851. The van der Waals surface area contributed by atoms with E-state index >= 15 is 4.39 Å². The molecular weight excluding hydrogens is 335 g/mol. The zero-order valence-electron chi connectivity index (χ0n) is 14.9. The summed E-state index contributed by atoms with van der Waals surface area (Å²) >= 11 is 0. The molecule has 26 heavy (non-hydrogen) atoms. The van der Waals surface area contributed by atoms with Gasteiger partial charge in [0.15, 0.2) is 0 Å². The predicted molar refractivity (Wildman–Crippen MR) is 98.6 cm³/mol. The summed E-state index contributed by atoms with van der Waals surface area (Å²) in [5.74, 6) is 6.69. The fourth-order valence-corrected chi connectivity index (χ4v) is 4.66. The average Bonchev–Trinajstić information content (AvgIpc) is 3.54. The predicted octanol–water partition coefficient (Wildman–Crippen LogP) is 1.90. The summed E-state index contributed by atoms with van der Waals surface area (Å²) in [6, 6.07) is 1.32. The van der Waals surface area contributed by atoms with Gasteiger partial charge in [-0.3, -0.25) is 9.36 Å². The summed E-state index contributed by atoms with van der Waals surface area (Å²) in [4.78, 5) is 27.2. The fraction of sp³-hybridized carbons (Fsp3) is 0.579. The number of nitrogens with zero attached hydrogens (tertiary/aromatic N) is 3. The molecule has 7 heteroatoms. The summed E-state index contributed by atoms with van der Waals surface area (Å²) in [7, 11) is 0. The maximum atomic E-state index is 15.0. The van der Waals surface area contributed by atoms with Crippen LogP contribution in [0.4, 0.5) is 10.1 Å². The third-order valence-corrected chi connectivity index (χ3v) is 6.31. The van der Waals surface area contributed by atoms with Crippen LogP contribution in [0, 0.1) is 24.6 Å². The van der Waals surface area contributed by atoms with Crippen LogP contribution in [-0.2, 0) is 0 Å². The fourth-order valence-electron chi connectivity index (χ4n) is 4.66. The first kappa shape index (κ1) is 15.9. The zero-order valence-corrected chi connectivity index (χ0v) is 14.9. The number of anilines is 1. The van der Waals surface area contributed by atoms with Gasteiger partial charge in [-0.15, -0.1) is 0 Å². The highest BCUT2D eigenvalue weighted by atomic mass is 19.1. The minimum Gasteiger partial charge on any atom is -0.369 e. The second-order valence-corrected chi connectivity index (χ2v) is 8.12. The van der Waals surface area contributed by atoms with Crippen LogP contribution in [0.3, 0.4) is 0 Å². The molecule has 1 unspecified atom stereocenters. The first-order valence-corrected chi connectivity index (χ1v) is 9.47. The summed E-state index contributed by atoms with van der Waals surface area (Å²) in [5.41, 5.74) is 0.632. The summed E-state index contributed by atoms with van der Waals surface area (Å²) in [6.45, 7) is 3.51. The van der Waals surface area contributed by atoms with Crippen molar-refractivity contribution in [3.63, 3.8) is 0 Å². The molecule has 6 nitrogen and oxygen atoms in total. The van der Waals surface area contributed by atoms with Gasteiger partial charge >= 0.3 is 5.69 Å². The second kappa shape index (κ2) is 5.34. The van der Waals surface area contributed by atoms with E-state index in [4.69, 9.17) is 5.84 Å². The number of nitrogens with two attached hydrogens (primary N) is 1. The maximum Gasteiger partial charge on any atom is 0.350 e. The van der Waals surface area contributed by atoms with E-state index in [1.54, 1.807) is 4.57 Å². The highest BCUT2D eigenvalue weighted by Crippen LogP contribution is 2.44. The Hall–Kier alpha value is -2.31. The summed E-state index contributed by atoms with van der Waals surface area (Å²) in [6.07, 6.45) is 5.42. The van der Waals surface area contributed by atoms with Crippen molar-refractivity contribution in [3.05, 3.63) is 38.3 Å². The lowest BCUT2D eigenvalue weighted by Crippen LogP contribution is -2.44. The number of hydrogen-bond donors (Lipinski definition) is 1. The molecule has 1 aromatic carbocycles. The van der Waals surface area contributed by atoms with Crippen LogP contribution in [-0.4, -0.2) is 22.3 Å². The number of rotatable bonds is 3. The Morgan fingerprint density at radius 2 is 1.85 bits per heavy atom. The molecule has 3 fully saturated rings. The Morgan fingerprint density at radius 1 is 1.12 bits per heavy atom. The Morgan fingerprint density at radius 3 is 2.50 bits per heavy atom. The van der Waals surface area contributed by atoms with Gasteiger partial charge in [-0.2, -0.15) is 4.68 Å². The molecule has 0 radical (unpaired) electrons. The van der Waals surface area contributed by atoms with Gasteiger partial charge < -0.3 is 10.7 Å². The number of halogens is 1. The van der Waals surface area contributed by atoms with Crippen molar-refractivity contribution in [2.75, 3.05) is 23.8 Å². The van der Waals surface area contributed by atoms with Crippen LogP contribution in [0.25, 0.3) is 10.9 Å². The Balaban J connectivity index is 1.73. The van der Waals surface area contributed by atoms with E-state index < -0.39 is 17.1 Å². The van der Waals surface area contributed by atoms with E-state index in [0.29, 0.717) is 27.4 Å². The Kier molecular flexibility index (Phi) is 3.27. The van der Waals surface area contributed by atoms with Gasteiger partial charge in [-0.1, -0.05) is 0 Å². The van der Waals surface area contributed by atoms with Crippen LogP contribution < -0.4 is 22.0 Å². The smallest absolute Gasteiger partial charge is 0.350 e. The Labute approximate surface area is 150 Å². The van der Waals surface area contributed by atoms with Gasteiger partial charge in [-0.25, -0.2) is 9.18 Å². The van der Waals surface area contributed by atoms with Crippen molar-refractivity contribution >= 4 is 16.6 Å². The van der Waals surface area contributed by atoms with Gasteiger partial charge in [0.1, 0.15) is 5.82 Å². The lowest BCUT2D eigenvalue weighted by Gasteiger charge is -2.24. The van der Waals surface area contributed by atoms with Crippen molar-refractivity contribution in [1.82, 2.24) is 9.24 Å². The summed E-state index contributed by atoms with van der Waals surface area (Å²) in [5, 5.41) is 0.190. The van der Waals surface area contributed by atoms with Crippen molar-refractivity contribution in [1.29, 1.82) is 0 Å². The van der Waals surface area contributed by atoms with E-state index in [2.05, 4.69) is 4.90 Å². The molecule has 0 spiro atoms. The van der Waals surface area contributed by atoms with Crippen LogP contribution >= 0.6 is 0 Å². The van der Waals surface area contributed by atoms with Gasteiger partial charge in [0.2, 0.25) is 0 Å². The van der Waals surface area contributed by atoms with Crippen molar-refractivity contribution in [3.8, 4) is 0 Å². The minimum atomic E-state index is -0.632. The van der Waals surface area contributed by atoms with Gasteiger partial charge in [0, 0.05) is 24.7 Å². The Bertz CT molecular complexity index is 1030.